The predicted octanol–water partition coefficient (Wildman–Crippen LogP) is 2.78. The van der Waals surface area contributed by atoms with Crippen LogP contribution in [-0.2, 0) is 17.5 Å². The van der Waals surface area contributed by atoms with Crippen LogP contribution in [0.4, 0.5) is 5.69 Å². The molecule has 0 fully saturated rings. The highest BCUT2D eigenvalue weighted by atomic mass is 32.2. The Morgan fingerprint density at radius 1 is 1.48 bits per heavy atom. The molecule has 1 heterocycles. The van der Waals surface area contributed by atoms with Gasteiger partial charge in [0.1, 0.15) is 5.56 Å². The Labute approximate surface area is 128 Å². The average Bonchev–Trinajstić information content (AvgIpc) is 2.81. The molecule has 6 heteroatoms. The number of aryl methyl sites for hydroxylation is 2. The maximum Gasteiger partial charge on any atom is 0.341 e. The number of nitrogens with two attached hydrogens (primary N) is 1. The Hall–Kier alpha value is -1.95. The molecular formula is C15H19N3O2S. The molecule has 0 atom stereocenters. The molecule has 1 aromatic carbocycles. The third-order valence-corrected chi connectivity index (χ3v) is 4.30. The fraction of sp³-hybridized carbons (Fsp3) is 0.333. The van der Waals surface area contributed by atoms with E-state index in [0.717, 1.165) is 21.8 Å². The Kier molecular flexibility index (Phi) is 4.90. The van der Waals surface area contributed by atoms with Crippen molar-refractivity contribution in [2.24, 2.45) is 7.05 Å². The van der Waals surface area contributed by atoms with Crippen molar-refractivity contribution in [2.75, 3.05) is 12.3 Å². The van der Waals surface area contributed by atoms with Gasteiger partial charge in [-0.15, -0.1) is 11.8 Å². The summed E-state index contributed by atoms with van der Waals surface area (Å²) in [6.45, 7) is 4.19. The highest BCUT2D eigenvalue weighted by Crippen LogP contribution is 2.28. The van der Waals surface area contributed by atoms with Crippen LogP contribution in [0, 0.1) is 6.92 Å². The minimum atomic E-state index is -0.328. The summed E-state index contributed by atoms with van der Waals surface area (Å²) < 4.78 is 6.76. The molecule has 0 radical (unpaired) electrons. The third-order valence-electron chi connectivity index (χ3n) is 3.13. The zero-order valence-electron chi connectivity index (χ0n) is 12.4. The first kappa shape index (κ1) is 15.4. The van der Waals surface area contributed by atoms with E-state index in [2.05, 4.69) is 5.10 Å². The van der Waals surface area contributed by atoms with Crippen molar-refractivity contribution < 1.29 is 9.53 Å². The predicted molar refractivity (Wildman–Crippen MR) is 84.3 cm³/mol. The van der Waals surface area contributed by atoms with E-state index < -0.39 is 0 Å². The van der Waals surface area contributed by atoms with Gasteiger partial charge in [0.25, 0.3) is 0 Å². The molecule has 0 unspecified atom stereocenters. The van der Waals surface area contributed by atoms with E-state index in [1.54, 1.807) is 29.6 Å². The first-order chi connectivity index (χ1) is 10.0. The SMILES string of the molecule is CCOC(=O)c1cnn(C)c1CSc1cc(N)ccc1C. The van der Waals surface area contributed by atoms with Crippen molar-refractivity contribution in [3.8, 4) is 0 Å². The Balaban J connectivity index is 2.18. The van der Waals surface area contributed by atoms with Gasteiger partial charge < -0.3 is 10.5 Å². The molecule has 0 amide bonds. The Bertz CT molecular complexity index is 652. The lowest BCUT2D eigenvalue weighted by atomic mass is 10.2. The summed E-state index contributed by atoms with van der Waals surface area (Å²) in [4.78, 5) is 13.0. The molecule has 0 saturated heterocycles. The highest BCUT2D eigenvalue weighted by molar-refractivity contribution is 7.98. The van der Waals surface area contributed by atoms with Crippen molar-refractivity contribution in [3.63, 3.8) is 0 Å². The van der Waals surface area contributed by atoms with Crippen LogP contribution in [0.3, 0.4) is 0 Å². The summed E-state index contributed by atoms with van der Waals surface area (Å²) in [6, 6.07) is 5.82. The fourth-order valence-electron chi connectivity index (χ4n) is 1.93. The van der Waals surface area contributed by atoms with Crippen LogP contribution in [0.2, 0.25) is 0 Å². The average molecular weight is 305 g/mol. The van der Waals surface area contributed by atoms with Gasteiger partial charge in [0.2, 0.25) is 0 Å². The lowest BCUT2D eigenvalue weighted by Gasteiger charge is -2.08. The standard InChI is InChI=1S/C15H19N3O2S/c1-4-20-15(19)12-8-17-18(3)13(12)9-21-14-7-11(16)6-5-10(14)2/h5-8H,4,9,16H2,1-3H3. The quantitative estimate of drug-likeness (QED) is 0.522. The van der Waals surface area contributed by atoms with Crippen molar-refractivity contribution >= 4 is 23.4 Å². The van der Waals surface area contributed by atoms with E-state index in [4.69, 9.17) is 10.5 Å². The van der Waals surface area contributed by atoms with E-state index in [1.807, 2.05) is 32.2 Å². The first-order valence-electron chi connectivity index (χ1n) is 6.69. The number of ether oxygens (including phenoxy) is 1. The molecule has 0 aliphatic carbocycles. The number of nitrogens with zero attached hydrogens (tertiary/aromatic N) is 2. The number of hydrogen-bond acceptors (Lipinski definition) is 5. The first-order valence-corrected chi connectivity index (χ1v) is 7.68. The van der Waals surface area contributed by atoms with Crippen LogP contribution in [0.25, 0.3) is 0 Å². The second kappa shape index (κ2) is 6.67. The molecule has 2 rings (SSSR count). The third kappa shape index (κ3) is 3.58. The van der Waals surface area contributed by atoms with Gasteiger partial charge in [0, 0.05) is 23.4 Å². The van der Waals surface area contributed by atoms with Gasteiger partial charge in [-0.1, -0.05) is 6.07 Å². The number of aromatic nitrogens is 2. The van der Waals surface area contributed by atoms with Gasteiger partial charge in [-0.25, -0.2) is 4.79 Å². The molecule has 2 aromatic rings. The molecule has 0 spiro atoms. The molecule has 0 bridgehead atoms. The molecule has 112 valence electrons. The summed E-state index contributed by atoms with van der Waals surface area (Å²) in [5.41, 5.74) is 9.08. The summed E-state index contributed by atoms with van der Waals surface area (Å²) in [5.74, 6) is 0.306. The van der Waals surface area contributed by atoms with Gasteiger partial charge >= 0.3 is 5.97 Å². The van der Waals surface area contributed by atoms with Crippen LogP contribution in [0.15, 0.2) is 29.3 Å². The Morgan fingerprint density at radius 3 is 2.95 bits per heavy atom. The highest BCUT2D eigenvalue weighted by Gasteiger charge is 2.17. The Morgan fingerprint density at radius 2 is 2.24 bits per heavy atom. The molecule has 21 heavy (non-hydrogen) atoms. The minimum absolute atomic E-state index is 0.328. The maximum absolute atomic E-state index is 11.9. The zero-order chi connectivity index (χ0) is 15.4. The molecule has 5 nitrogen and oxygen atoms in total. The van der Waals surface area contributed by atoms with Crippen molar-refractivity contribution in [3.05, 3.63) is 41.2 Å². The smallest absolute Gasteiger partial charge is 0.341 e. The number of carbonyl (C=O) groups is 1. The number of carbonyl (C=O) groups excluding carboxylic acids is 1. The van der Waals surface area contributed by atoms with Crippen molar-refractivity contribution in [2.45, 2.75) is 24.5 Å². The van der Waals surface area contributed by atoms with Gasteiger partial charge in [0.15, 0.2) is 0 Å². The van der Waals surface area contributed by atoms with Crippen molar-refractivity contribution in [1.82, 2.24) is 9.78 Å². The lowest BCUT2D eigenvalue weighted by molar-refractivity contribution is 0.0525. The van der Waals surface area contributed by atoms with Gasteiger partial charge in [-0.2, -0.15) is 5.10 Å². The monoisotopic (exact) mass is 305 g/mol. The normalized spacial score (nSPS) is 10.6. The fourth-order valence-corrected chi connectivity index (χ4v) is 3.08. The minimum Gasteiger partial charge on any atom is -0.462 e. The van der Waals surface area contributed by atoms with Crippen molar-refractivity contribution in [1.29, 1.82) is 0 Å². The van der Waals surface area contributed by atoms with Gasteiger partial charge in [-0.3, -0.25) is 4.68 Å². The summed E-state index contributed by atoms with van der Waals surface area (Å²) in [6.07, 6.45) is 1.56. The van der Waals surface area contributed by atoms with Gasteiger partial charge in [-0.05, 0) is 31.5 Å². The molecule has 0 saturated carbocycles. The van der Waals surface area contributed by atoms with Gasteiger partial charge in [0.05, 0.1) is 18.5 Å². The lowest BCUT2D eigenvalue weighted by Crippen LogP contribution is -2.08. The van der Waals surface area contributed by atoms with E-state index in [-0.39, 0.29) is 5.97 Å². The maximum atomic E-state index is 11.9. The number of nitrogen functional groups attached to an aromatic ring is 1. The number of benzene rings is 1. The van der Waals surface area contributed by atoms with Crippen LogP contribution < -0.4 is 5.73 Å². The number of rotatable bonds is 5. The number of thioether (sulfide) groups is 1. The number of esters is 1. The van der Waals surface area contributed by atoms with E-state index in [1.165, 1.54) is 0 Å². The largest absolute Gasteiger partial charge is 0.462 e. The zero-order valence-corrected chi connectivity index (χ0v) is 13.2. The van der Waals surface area contributed by atoms with E-state index >= 15 is 0 Å². The van der Waals surface area contributed by atoms with Crippen LogP contribution >= 0.6 is 11.8 Å². The van der Waals surface area contributed by atoms with E-state index in [9.17, 15) is 4.79 Å². The molecule has 0 aliphatic heterocycles. The summed E-state index contributed by atoms with van der Waals surface area (Å²) in [7, 11) is 1.82. The molecule has 1 aromatic heterocycles. The number of hydrogen-bond donors (Lipinski definition) is 1. The van der Waals surface area contributed by atoms with E-state index in [0.29, 0.717) is 17.9 Å². The van der Waals surface area contributed by atoms with Crippen LogP contribution in [0.5, 0.6) is 0 Å². The second-order valence-electron chi connectivity index (χ2n) is 4.66. The molecule has 2 N–H and O–H groups in total. The van der Waals surface area contributed by atoms with Crippen LogP contribution in [-0.4, -0.2) is 22.4 Å². The summed E-state index contributed by atoms with van der Waals surface area (Å²) in [5, 5.41) is 4.15. The second-order valence-corrected chi connectivity index (χ2v) is 5.68. The molecular weight excluding hydrogens is 286 g/mol. The topological polar surface area (TPSA) is 70.1 Å². The number of anilines is 1. The summed E-state index contributed by atoms with van der Waals surface area (Å²) >= 11 is 1.63. The molecule has 0 aliphatic rings. The van der Waals surface area contributed by atoms with Crippen LogP contribution in [0.1, 0.15) is 28.5 Å².